The maximum Gasteiger partial charge on any atom is 0.339 e. The Morgan fingerprint density at radius 1 is 1.22 bits per heavy atom. The largest absolute Gasteiger partial charge is 0.462 e. The van der Waals surface area contributed by atoms with Gasteiger partial charge < -0.3 is 4.74 Å². The minimum absolute atomic E-state index is 0.0330. The molecule has 0 aliphatic heterocycles. The van der Waals surface area contributed by atoms with Gasteiger partial charge in [-0.15, -0.1) is 0 Å². The van der Waals surface area contributed by atoms with Gasteiger partial charge in [-0.3, -0.25) is 4.98 Å². The number of rotatable bonds is 6. The first-order chi connectivity index (χ1) is 10.9. The summed E-state index contributed by atoms with van der Waals surface area (Å²) in [5.74, 6) is -0.629. The lowest BCUT2D eigenvalue weighted by atomic mass is 10.1. The molecule has 1 aromatic carbocycles. The van der Waals surface area contributed by atoms with Gasteiger partial charge in [-0.05, 0) is 48.7 Å². The van der Waals surface area contributed by atoms with Gasteiger partial charge in [-0.25, -0.2) is 13.2 Å². The molecule has 0 unspecified atom stereocenters. The third kappa shape index (κ3) is 5.04. The minimum Gasteiger partial charge on any atom is -0.462 e. The Morgan fingerprint density at radius 3 is 2.57 bits per heavy atom. The third-order valence-corrected chi connectivity index (χ3v) is 4.62. The molecule has 0 radical (unpaired) electrons. The quantitative estimate of drug-likeness (QED) is 0.589. The lowest BCUT2D eigenvalue weighted by molar-refractivity contribution is 0.0500. The molecule has 0 saturated carbocycles. The van der Waals surface area contributed by atoms with E-state index >= 15 is 0 Å². The number of pyridine rings is 1. The molecular formula is C16H16ClNO4S. The Morgan fingerprint density at radius 2 is 1.91 bits per heavy atom. The van der Waals surface area contributed by atoms with Gasteiger partial charge in [0, 0.05) is 18.6 Å². The van der Waals surface area contributed by atoms with E-state index in [1.165, 1.54) is 18.2 Å². The van der Waals surface area contributed by atoms with Crippen molar-refractivity contribution in [3.63, 3.8) is 0 Å². The highest BCUT2D eigenvalue weighted by atomic mass is 35.5. The van der Waals surface area contributed by atoms with Crippen molar-refractivity contribution < 1.29 is 17.9 Å². The van der Waals surface area contributed by atoms with Crippen LogP contribution in [0.1, 0.15) is 22.3 Å². The lowest BCUT2D eigenvalue weighted by Crippen LogP contribution is -2.09. The van der Waals surface area contributed by atoms with E-state index in [0.29, 0.717) is 6.42 Å². The average molecular weight is 354 g/mol. The smallest absolute Gasteiger partial charge is 0.339 e. The zero-order chi connectivity index (χ0) is 16.9. The second kappa shape index (κ2) is 7.57. The van der Waals surface area contributed by atoms with Crippen LogP contribution in [-0.2, 0) is 21.0 Å². The Hall–Kier alpha value is -1.92. The molecule has 1 heterocycles. The molecule has 23 heavy (non-hydrogen) atoms. The molecule has 0 spiro atoms. The van der Waals surface area contributed by atoms with Gasteiger partial charge >= 0.3 is 5.97 Å². The maximum absolute atomic E-state index is 12.0. The van der Waals surface area contributed by atoms with Crippen LogP contribution in [0.4, 0.5) is 0 Å². The van der Waals surface area contributed by atoms with Crippen molar-refractivity contribution in [1.82, 2.24) is 4.98 Å². The molecule has 0 fully saturated rings. The van der Waals surface area contributed by atoms with Crippen molar-refractivity contribution in [3.05, 3.63) is 58.9 Å². The number of esters is 1. The number of hydrogen-bond acceptors (Lipinski definition) is 5. The van der Waals surface area contributed by atoms with Crippen LogP contribution in [0.2, 0.25) is 5.02 Å². The molecule has 0 amide bonds. The van der Waals surface area contributed by atoms with E-state index in [1.807, 2.05) is 12.1 Å². The number of aryl methyl sites for hydroxylation is 1. The van der Waals surface area contributed by atoms with Gasteiger partial charge in [0.2, 0.25) is 0 Å². The number of aromatic nitrogens is 1. The summed E-state index contributed by atoms with van der Waals surface area (Å²) in [5, 5.41) is 0.163. The van der Waals surface area contributed by atoms with Gasteiger partial charge in [-0.1, -0.05) is 11.6 Å². The number of halogens is 1. The molecule has 5 nitrogen and oxygen atoms in total. The highest BCUT2D eigenvalue weighted by Gasteiger charge is 2.16. The summed E-state index contributed by atoms with van der Waals surface area (Å²) in [7, 11) is -3.41. The fourth-order valence-corrected chi connectivity index (χ4v) is 2.80. The topological polar surface area (TPSA) is 73.3 Å². The fraction of sp³-hybridized carbons (Fsp3) is 0.250. The number of carbonyl (C=O) groups excluding carboxylic acids is 1. The van der Waals surface area contributed by atoms with E-state index < -0.39 is 15.8 Å². The van der Waals surface area contributed by atoms with Gasteiger partial charge in [0.05, 0.1) is 22.1 Å². The van der Waals surface area contributed by atoms with Gasteiger partial charge in [0.25, 0.3) is 0 Å². The molecule has 1 aromatic heterocycles. The van der Waals surface area contributed by atoms with Crippen molar-refractivity contribution in [2.45, 2.75) is 17.7 Å². The molecule has 7 heteroatoms. The summed E-state index contributed by atoms with van der Waals surface area (Å²) in [4.78, 5) is 16.0. The van der Waals surface area contributed by atoms with Crippen molar-refractivity contribution in [1.29, 1.82) is 0 Å². The van der Waals surface area contributed by atoms with Crippen LogP contribution in [0.15, 0.2) is 47.6 Å². The summed E-state index contributed by atoms with van der Waals surface area (Å²) in [6.07, 6.45) is 5.89. The van der Waals surface area contributed by atoms with Crippen LogP contribution in [0.3, 0.4) is 0 Å². The van der Waals surface area contributed by atoms with Crippen LogP contribution >= 0.6 is 11.6 Å². The summed E-state index contributed by atoms with van der Waals surface area (Å²) in [5.41, 5.74) is 1.16. The zero-order valence-electron chi connectivity index (χ0n) is 12.5. The first-order valence-electron chi connectivity index (χ1n) is 6.93. The number of ether oxygens (including phenoxy) is 1. The van der Waals surface area contributed by atoms with E-state index in [-0.39, 0.29) is 22.1 Å². The number of hydrogen-bond donors (Lipinski definition) is 0. The summed E-state index contributed by atoms with van der Waals surface area (Å²) < 4.78 is 28.2. The highest BCUT2D eigenvalue weighted by Crippen LogP contribution is 2.21. The van der Waals surface area contributed by atoms with E-state index in [4.69, 9.17) is 16.3 Å². The highest BCUT2D eigenvalue weighted by molar-refractivity contribution is 7.90. The van der Waals surface area contributed by atoms with Crippen molar-refractivity contribution in [2.24, 2.45) is 0 Å². The van der Waals surface area contributed by atoms with Crippen molar-refractivity contribution in [2.75, 3.05) is 12.9 Å². The van der Waals surface area contributed by atoms with Crippen LogP contribution in [0, 0.1) is 0 Å². The Labute approximate surface area is 140 Å². The predicted octanol–water partition coefficient (Wildman–Crippen LogP) is 2.93. The minimum atomic E-state index is -3.41. The van der Waals surface area contributed by atoms with Gasteiger partial charge in [0.15, 0.2) is 9.84 Å². The fourth-order valence-electron chi connectivity index (χ4n) is 1.96. The van der Waals surface area contributed by atoms with Crippen molar-refractivity contribution >= 4 is 27.4 Å². The van der Waals surface area contributed by atoms with Gasteiger partial charge in [-0.2, -0.15) is 0 Å². The third-order valence-electron chi connectivity index (χ3n) is 3.18. The second-order valence-electron chi connectivity index (χ2n) is 5.01. The first kappa shape index (κ1) is 17.4. The standard InChI is InChI=1S/C16H16ClNO4S/c1-23(20,21)13-4-5-15(17)14(11-13)16(19)22-10-2-3-12-6-8-18-9-7-12/h4-9,11H,2-3,10H2,1H3. The molecule has 2 rings (SSSR count). The molecule has 2 aromatic rings. The monoisotopic (exact) mass is 353 g/mol. The molecule has 0 atom stereocenters. The Balaban J connectivity index is 1.95. The van der Waals surface area contributed by atoms with Gasteiger partial charge in [0.1, 0.15) is 0 Å². The van der Waals surface area contributed by atoms with E-state index in [2.05, 4.69) is 4.98 Å². The molecule has 0 aliphatic carbocycles. The number of nitrogens with zero attached hydrogens (tertiary/aromatic N) is 1. The second-order valence-corrected chi connectivity index (χ2v) is 7.43. The normalized spacial score (nSPS) is 11.2. The van der Waals surface area contributed by atoms with Crippen LogP contribution in [0.25, 0.3) is 0 Å². The van der Waals surface area contributed by atoms with Crippen LogP contribution in [0.5, 0.6) is 0 Å². The van der Waals surface area contributed by atoms with Crippen molar-refractivity contribution in [3.8, 4) is 0 Å². The maximum atomic E-state index is 12.0. The Kier molecular flexibility index (Phi) is 5.74. The van der Waals surface area contributed by atoms with Crippen LogP contribution in [-0.4, -0.2) is 32.2 Å². The van der Waals surface area contributed by atoms with Crippen LogP contribution < -0.4 is 0 Å². The number of carbonyl (C=O) groups is 1. The molecular weight excluding hydrogens is 338 g/mol. The average Bonchev–Trinajstić information content (AvgIpc) is 2.51. The zero-order valence-corrected chi connectivity index (χ0v) is 14.1. The molecule has 0 bridgehead atoms. The SMILES string of the molecule is CS(=O)(=O)c1ccc(Cl)c(C(=O)OCCCc2ccncc2)c1. The van der Waals surface area contributed by atoms with E-state index in [9.17, 15) is 13.2 Å². The molecule has 122 valence electrons. The molecule has 0 saturated heterocycles. The first-order valence-corrected chi connectivity index (χ1v) is 9.20. The summed E-state index contributed by atoms with van der Waals surface area (Å²) >= 11 is 5.95. The van der Waals surface area contributed by atoms with E-state index in [0.717, 1.165) is 18.2 Å². The predicted molar refractivity (Wildman–Crippen MR) is 87.4 cm³/mol. The number of sulfone groups is 1. The number of benzene rings is 1. The molecule has 0 N–H and O–H groups in total. The Bertz CT molecular complexity index is 791. The van der Waals surface area contributed by atoms with E-state index in [1.54, 1.807) is 12.4 Å². The lowest BCUT2D eigenvalue weighted by Gasteiger charge is -2.08. The summed E-state index contributed by atoms with van der Waals surface area (Å²) in [6, 6.07) is 7.77. The molecule has 0 aliphatic rings. The summed E-state index contributed by atoms with van der Waals surface area (Å²) in [6.45, 7) is 0.223.